The summed E-state index contributed by atoms with van der Waals surface area (Å²) in [6.45, 7) is 3.18. The minimum absolute atomic E-state index is 0.0397. The Balaban J connectivity index is 1.33. The minimum atomic E-state index is -2.89. The molecule has 0 unspecified atom stereocenters. The van der Waals surface area contributed by atoms with Crippen molar-refractivity contribution in [3.05, 3.63) is 53.7 Å². The lowest BCUT2D eigenvalue weighted by Crippen LogP contribution is -2.54. The van der Waals surface area contributed by atoms with Gasteiger partial charge in [0, 0.05) is 44.5 Å². The molecule has 2 fully saturated rings. The van der Waals surface area contributed by atoms with Gasteiger partial charge < -0.3 is 19.0 Å². The predicted octanol–water partition coefficient (Wildman–Crippen LogP) is 3.81. The zero-order valence-electron chi connectivity index (χ0n) is 20.6. The molecule has 202 valence electrons. The summed E-state index contributed by atoms with van der Waals surface area (Å²) in [6.07, 6.45) is 0.654. The van der Waals surface area contributed by atoms with Crippen molar-refractivity contribution >= 4 is 17.8 Å². The van der Waals surface area contributed by atoms with E-state index < -0.39 is 24.0 Å². The van der Waals surface area contributed by atoms with Crippen LogP contribution >= 0.6 is 0 Å². The number of amides is 1. The number of likely N-dealkylation sites (tertiary alicyclic amines) is 1. The number of hydrogen-bond donors (Lipinski definition) is 0. The summed E-state index contributed by atoms with van der Waals surface area (Å²) in [4.78, 5) is 21.9. The lowest BCUT2D eigenvalue weighted by Gasteiger charge is -2.44. The molecule has 13 heteroatoms. The average Bonchev–Trinajstić information content (AvgIpc) is 3.39. The van der Waals surface area contributed by atoms with Crippen LogP contribution in [0.5, 0.6) is 0 Å². The monoisotopic (exact) mass is 534 g/mol. The quantitative estimate of drug-likeness (QED) is 0.303. The van der Waals surface area contributed by atoms with Gasteiger partial charge in [-0.15, -0.1) is 10.2 Å². The Hall–Kier alpha value is -3.58. The van der Waals surface area contributed by atoms with Crippen LogP contribution in [0.2, 0.25) is 0 Å². The summed E-state index contributed by atoms with van der Waals surface area (Å²) in [5.74, 6) is -2.99. The van der Waals surface area contributed by atoms with Gasteiger partial charge in [-0.1, -0.05) is 0 Å². The molecule has 0 bridgehead atoms. The molecule has 0 aliphatic carbocycles. The number of rotatable bonds is 9. The molecule has 3 aromatic rings. The minimum Gasteiger partial charge on any atom is -0.415 e. The number of anilines is 2. The maximum atomic E-state index is 14.3. The van der Waals surface area contributed by atoms with Crippen LogP contribution in [0.1, 0.15) is 30.9 Å². The van der Waals surface area contributed by atoms with Crippen LogP contribution < -0.4 is 9.80 Å². The third-order valence-corrected chi connectivity index (χ3v) is 7.05. The van der Waals surface area contributed by atoms with Gasteiger partial charge in [0.1, 0.15) is 0 Å². The fraction of sp³-hybridized carbons (Fsp3) is 0.440. The van der Waals surface area contributed by atoms with Gasteiger partial charge >= 0.3 is 6.43 Å². The van der Waals surface area contributed by atoms with Crippen LogP contribution in [0.25, 0.3) is 11.5 Å². The molecule has 9 nitrogen and oxygen atoms in total. The highest BCUT2D eigenvalue weighted by atomic mass is 19.3. The molecule has 0 atom stereocenters. The van der Waals surface area contributed by atoms with Crippen LogP contribution in [-0.4, -0.2) is 71.9 Å². The molecule has 2 aliphatic rings. The van der Waals surface area contributed by atoms with E-state index in [1.807, 2.05) is 11.9 Å². The summed E-state index contributed by atoms with van der Waals surface area (Å²) >= 11 is 0. The summed E-state index contributed by atoms with van der Waals surface area (Å²) in [5.41, 5.74) is 1.34. The largest absolute Gasteiger partial charge is 0.415 e. The molecule has 0 saturated carbocycles. The Morgan fingerprint density at radius 3 is 2.37 bits per heavy atom. The number of pyridine rings is 1. The molecule has 0 spiro atoms. The fourth-order valence-electron chi connectivity index (χ4n) is 4.75. The van der Waals surface area contributed by atoms with Gasteiger partial charge in [-0.05, 0) is 25.0 Å². The van der Waals surface area contributed by atoms with Crippen molar-refractivity contribution in [1.29, 1.82) is 0 Å². The molecule has 0 radical (unpaired) electrons. The number of halogens is 4. The summed E-state index contributed by atoms with van der Waals surface area (Å²) in [6, 6.07) is 5.73. The highest BCUT2D eigenvalue weighted by Gasteiger charge is 2.32. The standard InChI is InChI=1S/C25H26F4N6O3/c1-33(17-4-6-34(7-5-17)18-12-37-13-18)21-8-19(26)20(27)9-22(21)35(14-36)11-16-3-2-15(10-30-16)24-31-32-25(38-24)23(28)29/h2-3,8-10,14,17-18,23H,4-7,11-13H2,1H3. The topological polar surface area (TPSA) is 87.8 Å². The maximum absolute atomic E-state index is 14.3. The normalized spacial score (nSPS) is 17.0. The van der Waals surface area contributed by atoms with Gasteiger partial charge in [-0.25, -0.2) is 8.78 Å². The third kappa shape index (κ3) is 5.34. The molecule has 2 aromatic heterocycles. The molecule has 38 heavy (non-hydrogen) atoms. The van der Waals surface area contributed by atoms with Crippen LogP contribution in [-0.2, 0) is 16.1 Å². The second-order valence-corrected chi connectivity index (χ2v) is 9.34. The van der Waals surface area contributed by atoms with Crippen molar-refractivity contribution in [3.8, 4) is 11.5 Å². The molecule has 2 saturated heterocycles. The van der Waals surface area contributed by atoms with Crippen LogP contribution in [0, 0.1) is 11.6 Å². The third-order valence-electron chi connectivity index (χ3n) is 7.05. The van der Waals surface area contributed by atoms with Gasteiger partial charge in [0.2, 0.25) is 12.3 Å². The van der Waals surface area contributed by atoms with Gasteiger partial charge in [0.05, 0.1) is 48.4 Å². The van der Waals surface area contributed by atoms with E-state index in [-0.39, 0.29) is 24.2 Å². The summed E-state index contributed by atoms with van der Waals surface area (Å²) in [5, 5.41) is 6.87. The Kier molecular flexibility index (Phi) is 7.56. The van der Waals surface area contributed by atoms with Crippen LogP contribution in [0.3, 0.4) is 0 Å². The Morgan fingerprint density at radius 2 is 1.82 bits per heavy atom. The molecule has 5 rings (SSSR count). The zero-order valence-corrected chi connectivity index (χ0v) is 20.6. The van der Waals surface area contributed by atoms with E-state index in [4.69, 9.17) is 9.15 Å². The highest BCUT2D eigenvalue weighted by Crippen LogP contribution is 2.35. The average molecular weight is 535 g/mol. The van der Waals surface area contributed by atoms with Crippen molar-refractivity contribution in [1.82, 2.24) is 20.1 Å². The van der Waals surface area contributed by atoms with Gasteiger partial charge in [-0.3, -0.25) is 14.7 Å². The number of hydrogen-bond acceptors (Lipinski definition) is 8. The second kappa shape index (κ2) is 11.0. The van der Waals surface area contributed by atoms with E-state index in [0.717, 1.165) is 51.3 Å². The number of carbonyl (C=O) groups excluding carboxylic acids is 1. The maximum Gasteiger partial charge on any atom is 0.314 e. The summed E-state index contributed by atoms with van der Waals surface area (Å²) in [7, 11) is 1.82. The molecule has 0 N–H and O–H groups in total. The molecule has 4 heterocycles. The number of benzene rings is 1. The number of alkyl halides is 2. The number of ether oxygens (including phenoxy) is 1. The summed E-state index contributed by atoms with van der Waals surface area (Å²) < 4.78 is 64.3. The molecular weight excluding hydrogens is 508 g/mol. The first kappa shape index (κ1) is 26.0. The first-order chi connectivity index (χ1) is 18.3. The molecular formula is C25H26F4N6O3. The first-order valence-electron chi connectivity index (χ1n) is 12.2. The number of piperidine rings is 1. The predicted molar refractivity (Wildman–Crippen MR) is 129 cm³/mol. The van der Waals surface area contributed by atoms with Gasteiger partial charge in [0.25, 0.3) is 5.89 Å². The van der Waals surface area contributed by atoms with Crippen molar-refractivity contribution in [2.24, 2.45) is 0 Å². The lowest BCUT2D eigenvalue weighted by atomic mass is 10.00. The lowest BCUT2D eigenvalue weighted by molar-refractivity contribution is -0.107. The van der Waals surface area contributed by atoms with Crippen molar-refractivity contribution in [2.75, 3.05) is 43.2 Å². The molecule has 1 amide bonds. The van der Waals surface area contributed by atoms with Crippen molar-refractivity contribution in [2.45, 2.75) is 37.9 Å². The smallest absolute Gasteiger partial charge is 0.314 e. The van der Waals surface area contributed by atoms with E-state index in [9.17, 15) is 22.4 Å². The van der Waals surface area contributed by atoms with E-state index in [1.54, 1.807) is 6.07 Å². The van der Waals surface area contributed by atoms with Crippen LogP contribution in [0.4, 0.5) is 28.9 Å². The number of aromatic nitrogens is 3. The molecule has 2 aliphatic heterocycles. The van der Waals surface area contributed by atoms with Gasteiger partial charge in [-0.2, -0.15) is 8.78 Å². The van der Waals surface area contributed by atoms with Crippen LogP contribution in [0.15, 0.2) is 34.9 Å². The fourth-order valence-corrected chi connectivity index (χ4v) is 4.75. The van der Waals surface area contributed by atoms with E-state index in [1.165, 1.54) is 17.2 Å². The molecule has 1 aromatic carbocycles. The van der Waals surface area contributed by atoms with E-state index >= 15 is 0 Å². The Bertz CT molecular complexity index is 1260. The SMILES string of the molecule is CN(c1cc(F)c(F)cc1N(C=O)Cc1ccc(-c2nnc(C(F)F)o2)cn1)C1CCN(C2COC2)CC1. The number of carbonyl (C=O) groups is 1. The zero-order chi connectivity index (χ0) is 26.8. The second-order valence-electron chi connectivity index (χ2n) is 9.34. The Labute approximate surface area is 216 Å². The van der Waals surface area contributed by atoms with Crippen molar-refractivity contribution in [3.63, 3.8) is 0 Å². The number of nitrogens with zero attached hydrogens (tertiary/aromatic N) is 6. The van der Waals surface area contributed by atoms with Crippen molar-refractivity contribution < 1.29 is 31.5 Å². The Morgan fingerprint density at radius 1 is 1.11 bits per heavy atom. The van der Waals surface area contributed by atoms with Gasteiger partial charge in [0.15, 0.2) is 11.6 Å². The van der Waals surface area contributed by atoms with E-state index in [0.29, 0.717) is 29.4 Å². The van der Waals surface area contributed by atoms with E-state index in [2.05, 4.69) is 20.1 Å². The highest BCUT2D eigenvalue weighted by molar-refractivity contribution is 5.84. The first-order valence-corrected chi connectivity index (χ1v) is 12.2.